The number of morpholine rings is 1. The molecule has 1 atom stereocenters. The number of rotatable bonds is 6. The molecule has 1 aliphatic heterocycles. The molecule has 24 heavy (non-hydrogen) atoms. The third kappa shape index (κ3) is 4.69. The molecule has 0 unspecified atom stereocenters. The summed E-state index contributed by atoms with van der Waals surface area (Å²) in [6.45, 7) is 5.66. The molecule has 1 aliphatic rings. The van der Waals surface area contributed by atoms with Gasteiger partial charge in [0.25, 0.3) is 0 Å². The van der Waals surface area contributed by atoms with E-state index in [1.807, 2.05) is 19.1 Å². The summed E-state index contributed by atoms with van der Waals surface area (Å²) in [7, 11) is 0. The number of nitrogens with one attached hydrogen (secondary N) is 1. The Bertz CT molecular complexity index is 654. The third-order valence-corrected chi connectivity index (χ3v) is 4.33. The second-order valence-corrected chi connectivity index (χ2v) is 6.20. The van der Waals surface area contributed by atoms with Crippen LogP contribution in [0.4, 0.5) is 0 Å². The average molecular weight is 328 g/mol. The summed E-state index contributed by atoms with van der Waals surface area (Å²) in [6, 6.07) is 12.3. The molecule has 1 fully saturated rings. The summed E-state index contributed by atoms with van der Waals surface area (Å²) >= 11 is 0. The Morgan fingerprint density at radius 1 is 1.29 bits per heavy atom. The smallest absolute Gasteiger partial charge is 0.222 e. The standard InChI is InChI=1S/C19H24N2O3/c1-15-17(7-9-23-15)12-20-19(22)11-18-14-21(8-10-24-18)13-16-5-3-2-4-6-16/h2-7,9,18H,8,10-14H2,1H3,(H,20,22)/t18-/m0/s1. The number of aryl methyl sites for hydroxylation is 1. The Morgan fingerprint density at radius 3 is 2.88 bits per heavy atom. The highest BCUT2D eigenvalue weighted by molar-refractivity contribution is 5.76. The van der Waals surface area contributed by atoms with Crippen LogP contribution in [-0.4, -0.2) is 36.6 Å². The van der Waals surface area contributed by atoms with E-state index in [2.05, 4.69) is 34.5 Å². The minimum atomic E-state index is -0.0482. The summed E-state index contributed by atoms with van der Waals surface area (Å²) in [5.74, 6) is 0.861. The van der Waals surface area contributed by atoms with Crippen LogP contribution in [0.2, 0.25) is 0 Å². The molecule has 1 aromatic heterocycles. The van der Waals surface area contributed by atoms with Crippen LogP contribution < -0.4 is 5.32 Å². The Hall–Kier alpha value is -2.11. The maximum absolute atomic E-state index is 12.1. The molecule has 0 aliphatic carbocycles. The minimum Gasteiger partial charge on any atom is -0.469 e. The molecule has 0 spiro atoms. The maximum atomic E-state index is 12.1. The van der Waals surface area contributed by atoms with Gasteiger partial charge in [-0.2, -0.15) is 0 Å². The van der Waals surface area contributed by atoms with Gasteiger partial charge in [-0.05, 0) is 18.6 Å². The highest BCUT2D eigenvalue weighted by Gasteiger charge is 2.23. The molecule has 0 saturated carbocycles. The van der Waals surface area contributed by atoms with Gasteiger partial charge in [-0.3, -0.25) is 9.69 Å². The van der Waals surface area contributed by atoms with Crippen LogP contribution in [0.15, 0.2) is 47.1 Å². The summed E-state index contributed by atoms with van der Waals surface area (Å²) in [5.41, 5.74) is 2.30. The molecule has 5 heteroatoms. The van der Waals surface area contributed by atoms with Crippen LogP contribution in [-0.2, 0) is 22.6 Å². The first-order valence-electron chi connectivity index (χ1n) is 8.38. The topological polar surface area (TPSA) is 54.7 Å². The van der Waals surface area contributed by atoms with E-state index in [0.29, 0.717) is 19.6 Å². The molecule has 0 radical (unpaired) electrons. The van der Waals surface area contributed by atoms with E-state index >= 15 is 0 Å². The summed E-state index contributed by atoms with van der Waals surface area (Å²) in [5, 5.41) is 2.94. The van der Waals surface area contributed by atoms with Crippen molar-refractivity contribution in [2.45, 2.75) is 32.5 Å². The van der Waals surface area contributed by atoms with Gasteiger partial charge in [-0.15, -0.1) is 0 Å². The molecule has 128 valence electrons. The number of carbonyl (C=O) groups excluding carboxylic acids is 1. The molecule has 1 amide bonds. The SMILES string of the molecule is Cc1occc1CNC(=O)C[C@H]1CN(Cc2ccccc2)CCO1. The van der Waals surface area contributed by atoms with E-state index in [4.69, 9.17) is 9.15 Å². The average Bonchev–Trinajstić information content (AvgIpc) is 2.99. The number of amides is 1. The first-order valence-corrected chi connectivity index (χ1v) is 8.38. The van der Waals surface area contributed by atoms with Crippen molar-refractivity contribution in [3.63, 3.8) is 0 Å². The summed E-state index contributed by atoms with van der Waals surface area (Å²) < 4.78 is 11.0. The Balaban J connectivity index is 1.44. The zero-order chi connectivity index (χ0) is 16.8. The molecule has 1 N–H and O–H groups in total. The van der Waals surface area contributed by atoms with Crippen molar-refractivity contribution in [1.82, 2.24) is 10.2 Å². The molecule has 3 rings (SSSR count). The van der Waals surface area contributed by atoms with Crippen molar-refractivity contribution >= 4 is 5.91 Å². The van der Waals surface area contributed by atoms with Crippen molar-refractivity contribution in [1.29, 1.82) is 0 Å². The Kier molecular flexibility index (Phi) is 5.67. The van der Waals surface area contributed by atoms with Gasteiger partial charge >= 0.3 is 0 Å². The predicted molar refractivity (Wildman–Crippen MR) is 91.4 cm³/mol. The quantitative estimate of drug-likeness (QED) is 0.885. The second-order valence-electron chi connectivity index (χ2n) is 6.20. The van der Waals surface area contributed by atoms with Gasteiger partial charge < -0.3 is 14.5 Å². The summed E-state index contributed by atoms with van der Waals surface area (Å²) in [4.78, 5) is 14.5. The Morgan fingerprint density at radius 2 is 2.12 bits per heavy atom. The second kappa shape index (κ2) is 8.13. The lowest BCUT2D eigenvalue weighted by molar-refractivity contribution is -0.126. The van der Waals surface area contributed by atoms with E-state index in [9.17, 15) is 4.79 Å². The number of benzene rings is 1. The lowest BCUT2D eigenvalue weighted by Gasteiger charge is -2.32. The van der Waals surface area contributed by atoms with Crippen LogP contribution in [0, 0.1) is 6.92 Å². The van der Waals surface area contributed by atoms with Crippen molar-refractivity contribution in [3.05, 3.63) is 59.5 Å². The fraction of sp³-hybridized carbons (Fsp3) is 0.421. The van der Waals surface area contributed by atoms with Gasteiger partial charge in [0.1, 0.15) is 5.76 Å². The van der Waals surface area contributed by atoms with Gasteiger partial charge in [0.15, 0.2) is 0 Å². The van der Waals surface area contributed by atoms with Crippen molar-refractivity contribution in [2.75, 3.05) is 19.7 Å². The zero-order valence-electron chi connectivity index (χ0n) is 14.0. The monoisotopic (exact) mass is 328 g/mol. The molecule has 5 nitrogen and oxygen atoms in total. The van der Waals surface area contributed by atoms with Crippen molar-refractivity contribution in [3.8, 4) is 0 Å². The number of hydrogen-bond acceptors (Lipinski definition) is 4. The summed E-state index contributed by atoms with van der Waals surface area (Å²) in [6.07, 6.45) is 1.98. The fourth-order valence-corrected chi connectivity index (χ4v) is 2.96. The van der Waals surface area contributed by atoms with Crippen LogP contribution in [0.25, 0.3) is 0 Å². The van der Waals surface area contributed by atoms with E-state index in [-0.39, 0.29) is 12.0 Å². The van der Waals surface area contributed by atoms with Gasteiger partial charge in [-0.1, -0.05) is 30.3 Å². The van der Waals surface area contributed by atoms with Crippen LogP contribution >= 0.6 is 0 Å². The molecule has 1 aromatic carbocycles. The largest absolute Gasteiger partial charge is 0.469 e. The number of furan rings is 1. The highest BCUT2D eigenvalue weighted by Crippen LogP contribution is 2.13. The molecule has 0 bridgehead atoms. The van der Waals surface area contributed by atoms with Gasteiger partial charge in [0.05, 0.1) is 25.4 Å². The third-order valence-electron chi connectivity index (χ3n) is 4.33. The van der Waals surface area contributed by atoms with E-state index in [1.54, 1.807) is 6.26 Å². The normalized spacial score (nSPS) is 18.5. The molecular formula is C19H24N2O3. The number of carbonyl (C=O) groups is 1. The van der Waals surface area contributed by atoms with E-state index in [0.717, 1.165) is 31.0 Å². The van der Waals surface area contributed by atoms with Crippen molar-refractivity contribution < 1.29 is 13.9 Å². The molecular weight excluding hydrogens is 304 g/mol. The van der Waals surface area contributed by atoms with Crippen LogP contribution in [0.5, 0.6) is 0 Å². The van der Waals surface area contributed by atoms with Crippen molar-refractivity contribution in [2.24, 2.45) is 0 Å². The Labute approximate surface area is 142 Å². The van der Waals surface area contributed by atoms with E-state index < -0.39 is 0 Å². The lowest BCUT2D eigenvalue weighted by Crippen LogP contribution is -2.44. The molecule has 1 saturated heterocycles. The van der Waals surface area contributed by atoms with Gasteiger partial charge in [0.2, 0.25) is 5.91 Å². The number of ether oxygens (including phenoxy) is 1. The highest BCUT2D eigenvalue weighted by atomic mass is 16.5. The van der Waals surface area contributed by atoms with Gasteiger partial charge in [-0.25, -0.2) is 0 Å². The maximum Gasteiger partial charge on any atom is 0.222 e. The van der Waals surface area contributed by atoms with Crippen LogP contribution in [0.1, 0.15) is 23.3 Å². The number of hydrogen-bond donors (Lipinski definition) is 1. The molecule has 2 aromatic rings. The minimum absolute atomic E-state index is 0.0159. The first kappa shape index (κ1) is 16.7. The van der Waals surface area contributed by atoms with Crippen LogP contribution in [0.3, 0.4) is 0 Å². The number of nitrogens with zero attached hydrogens (tertiary/aromatic N) is 1. The predicted octanol–water partition coefficient (Wildman–Crippen LogP) is 2.50. The lowest BCUT2D eigenvalue weighted by atomic mass is 10.1. The first-order chi connectivity index (χ1) is 11.7. The molecule has 2 heterocycles. The fourth-order valence-electron chi connectivity index (χ4n) is 2.96. The van der Waals surface area contributed by atoms with E-state index in [1.165, 1.54) is 5.56 Å². The zero-order valence-corrected chi connectivity index (χ0v) is 14.0. The van der Waals surface area contributed by atoms with Gasteiger partial charge in [0, 0.05) is 31.7 Å².